The molecule has 1 aromatic heterocycles. The number of fused-ring (bicyclic) bond motifs is 1. The normalized spacial score (nSPS) is 13.3. The first kappa shape index (κ1) is 19.1. The number of carbonyl (C=O) groups excluding carboxylic acids is 1. The number of rotatable bonds is 5. The summed E-state index contributed by atoms with van der Waals surface area (Å²) in [5.41, 5.74) is 4.44. The molecule has 0 fully saturated rings. The van der Waals surface area contributed by atoms with Crippen molar-refractivity contribution in [2.75, 3.05) is 31.6 Å². The maximum atomic E-state index is 11.7. The zero-order valence-electron chi connectivity index (χ0n) is 16.9. The van der Waals surface area contributed by atoms with E-state index in [1.54, 1.807) is 6.92 Å². The van der Waals surface area contributed by atoms with Crippen LogP contribution in [-0.4, -0.2) is 47.5 Å². The van der Waals surface area contributed by atoms with Crippen LogP contribution < -0.4 is 9.64 Å². The maximum Gasteiger partial charge on any atom is 0.219 e. The van der Waals surface area contributed by atoms with Gasteiger partial charge >= 0.3 is 0 Å². The van der Waals surface area contributed by atoms with E-state index in [9.17, 15) is 4.79 Å². The highest BCUT2D eigenvalue weighted by atomic mass is 16.5. The first-order chi connectivity index (χ1) is 12.8. The number of likely N-dealkylation sites (N-methyl/N-ethyl adjacent to an activating group) is 1. The van der Waals surface area contributed by atoms with Gasteiger partial charge in [0.05, 0.1) is 18.8 Å². The third-order valence-electron chi connectivity index (χ3n) is 4.99. The summed E-state index contributed by atoms with van der Waals surface area (Å²) in [5, 5.41) is 0. The van der Waals surface area contributed by atoms with Gasteiger partial charge in [0.2, 0.25) is 5.91 Å². The fraction of sp³-hybridized carbons (Fsp3) is 0.476. The summed E-state index contributed by atoms with van der Waals surface area (Å²) in [7, 11) is 2.03. The minimum Gasteiger partial charge on any atom is -0.491 e. The molecule has 0 aliphatic carbocycles. The van der Waals surface area contributed by atoms with E-state index in [2.05, 4.69) is 46.9 Å². The number of ether oxygens (including phenoxy) is 1. The number of aryl methyl sites for hydroxylation is 3. The SMILES string of the molecule is CC(=O)N1CCc2c(nc(C)nc2N(C)CCOc2cc(C)ccc2C)C1. The van der Waals surface area contributed by atoms with Crippen LogP contribution >= 0.6 is 0 Å². The molecule has 6 nitrogen and oxygen atoms in total. The quantitative estimate of drug-likeness (QED) is 0.812. The predicted octanol–water partition coefficient (Wildman–Crippen LogP) is 2.82. The Labute approximate surface area is 161 Å². The van der Waals surface area contributed by atoms with Crippen molar-refractivity contribution < 1.29 is 9.53 Å². The van der Waals surface area contributed by atoms with Gasteiger partial charge in [0, 0.05) is 26.1 Å². The van der Waals surface area contributed by atoms with Crippen molar-refractivity contribution in [1.82, 2.24) is 14.9 Å². The second kappa shape index (κ2) is 7.94. The lowest BCUT2D eigenvalue weighted by Crippen LogP contribution is -2.36. The average Bonchev–Trinajstić information content (AvgIpc) is 2.63. The zero-order chi connectivity index (χ0) is 19.6. The van der Waals surface area contributed by atoms with Gasteiger partial charge in [-0.2, -0.15) is 0 Å². The molecule has 1 amide bonds. The van der Waals surface area contributed by atoms with Crippen LogP contribution in [0.4, 0.5) is 5.82 Å². The van der Waals surface area contributed by atoms with Crippen LogP contribution in [0.5, 0.6) is 5.75 Å². The van der Waals surface area contributed by atoms with Crippen LogP contribution in [0.25, 0.3) is 0 Å². The molecule has 144 valence electrons. The molecule has 27 heavy (non-hydrogen) atoms. The molecular formula is C21H28N4O2. The number of anilines is 1. The molecule has 0 unspecified atom stereocenters. The molecule has 0 atom stereocenters. The summed E-state index contributed by atoms with van der Waals surface area (Å²) in [6.07, 6.45) is 0.784. The van der Waals surface area contributed by atoms with Crippen molar-refractivity contribution in [3.63, 3.8) is 0 Å². The lowest BCUT2D eigenvalue weighted by molar-refractivity contribution is -0.129. The summed E-state index contributed by atoms with van der Waals surface area (Å²) in [6, 6.07) is 6.25. The number of amides is 1. The predicted molar refractivity (Wildman–Crippen MR) is 106 cm³/mol. The van der Waals surface area contributed by atoms with E-state index in [-0.39, 0.29) is 5.91 Å². The second-order valence-corrected chi connectivity index (χ2v) is 7.25. The Morgan fingerprint density at radius 1 is 1.26 bits per heavy atom. The van der Waals surface area contributed by atoms with Crippen LogP contribution in [0.2, 0.25) is 0 Å². The number of benzene rings is 1. The van der Waals surface area contributed by atoms with Crippen molar-refractivity contribution in [3.05, 3.63) is 46.4 Å². The Kier molecular flexibility index (Phi) is 5.63. The van der Waals surface area contributed by atoms with Crippen molar-refractivity contribution in [1.29, 1.82) is 0 Å². The monoisotopic (exact) mass is 368 g/mol. The number of nitrogens with zero attached hydrogens (tertiary/aromatic N) is 4. The van der Waals surface area contributed by atoms with Crippen LogP contribution in [0.1, 0.15) is 35.1 Å². The fourth-order valence-corrected chi connectivity index (χ4v) is 3.38. The number of aromatic nitrogens is 2. The van der Waals surface area contributed by atoms with Gasteiger partial charge in [-0.05, 0) is 44.4 Å². The molecule has 0 radical (unpaired) electrons. The van der Waals surface area contributed by atoms with Crippen molar-refractivity contribution in [3.8, 4) is 5.75 Å². The summed E-state index contributed by atoms with van der Waals surface area (Å²) in [5.74, 6) is 2.71. The minimum absolute atomic E-state index is 0.0914. The van der Waals surface area contributed by atoms with Gasteiger partial charge in [-0.1, -0.05) is 12.1 Å². The average molecular weight is 368 g/mol. The fourth-order valence-electron chi connectivity index (χ4n) is 3.38. The Hall–Kier alpha value is -2.63. The highest BCUT2D eigenvalue weighted by Gasteiger charge is 2.24. The van der Waals surface area contributed by atoms with Crippen molar-refractivity contribution in [2.45, 2.75) is 40.7 Å². The minimum atomic E-state index is 0.0914. The third-order valence-corrected chi connectivity index (χ3v) is 4.99. The van der Waals surface area contributed by atoms with E-state index in [1.807, 2.05) is 18.9 Å². The smallest absolute Gasteiger partial charge is 0.219 e. The zero-order valence-corrected chi connectivity index (χ0v) is 16.9. The summed E-state index contributed by atoms with van der Waals surface area (Å²) in [6.45, 7) is 10.2. The van der Waals surface area contributed by atoms with Gasteiger partial charge < -0.3 is 14.5 Å². The Morgan fingerprint density at radius 2 is 2.04 bits per heavy atom. The maximum absolute atomic E-state index is 11.7. The number of carbonyl (C=O) groups is 1. The first-order valence-corrected chi connectivity index (χ1v) is 9.38. The lowest BCUT2D eigenvalue weighted by Gasteiger charge is -2.30. The van der Waals surface area contributed by atoms with E-state index in [0.717, 1.165) is 47.2 Å². The molecular weight excluding hydrogens is 340 g/mol. The number of hydrogen-bond donors (Lipinski definition) is 0. The summed E-state index contributed by atoms with van der Waals surface area (Å²) in [4.78, 5) is 24.9. The highest BCUT2D eigenvalue weighted by Crippen LogP contribution is 2.26. The lowest BCUT2D eigenvalue weighted by atomic mass is 10.0. The van der Waals surface area contributed by atoms with Crippen molar-refractivity contribution >= 4 is 11.7 Å². The number of hydrogen-bond acceptors (Lipinski definition) is 5. The Bertz CT molecular complexity index is 850. The van der Waals surface area contributed by atoms with Crippen LogP contribution in [0.15, 0.2) is 18.2 Å². The molecule has 6 heteroatoms. The molecule has 0 saturated carbocycles. The molecule has 1 aromatic carbocycles. The standard InChI is InChI=1S/C21H28N4O2/c1-14-6-7-15(2)20(12-14)27-11-10-24(5)21-18-8-9-25(17(4)26)13-19(18)22-16(3)23-21/h6-7,12H,8-11,13H2,1-5H3. The van der Waals surface area contributed by atoms with Gasteiger partial charge in [-0.15, -0.1) is 0 Å². The Balaban J connectivity index is 1.71. The molecule has 0 saturated heterocycles. The van der Waals surface area contributed by atoms with Crippen LogP contribution in [0, 0.1) is 20.8 Å². The Morgan fingerprint density at radius 3 is 2.78 bits per heavy atom. The van der Waals surface area contributed by atoms with Gasteiger partial charge in [0.25, 0.3) is 0 Å². The first-order valence-electron chi connectivity index (χ1n) is 9.38. The van der Waals surface area contributed by atoms with Crippen LogP contribution in [-0.2, 0) is 17.8 Å². The second-order valence-electron chi connectivity index (χ2n) is 7.25. The van der Waals surface area contributed by atoms with E-state index < -0.39 is 0 Å². The molecule has 1 aliphatic heterocycles. The third kappa shape index (κ3) is 4.38. The molecule has 0 spiro atoms. The molecule has 2 aromatic rings. The van der Waals surface area contributed by atoms with E-state index in [1.165, 1.54) is 5.56 Å². The topological polar surface area (TPSA) is 58.6 Å². The van der Waals surface area contributed by atoms with E-state index >= 15 is 0 Å². The van der Waals surface area contributed by atoms with Gasteiger partial charge in [-0.25, -0.2) is 9.97 Å². The van der Waals surface area contributed by atoms with Gasteiger partial charge in [0.15, 0.2) is 0 Å². The van der Waals surface area contributed by atoms with Gasteiger partial charge in [-0.3, -0.25) is 4.79 Å². The van der Waals surface area contributed by atoms with Crippen LogP contribution in [0.3, 0.4) is 0 Å². The largest absolute Gasteiger partial charge is 0.491 e. The molecule has 2 heterocycles. The highest BCUT2D eigenvalue weighted by molar-refractivity contribution is 5.73. The molecule has 0 N–H and O–H groups in total. The van der Waals surface area contributed by atoms with Crippen molar-refractivity contribution in [2.24, 2.45) is 0 Å². The van der Waals surface area contributed by atoms with E-state index in [4.69, 9.17) is 4.74 Å². The molecule has 1 aliphatic rings. The molecule has 0 bridgehead atoms. The van der Waals surface area contributed by atoms with E-state index in [0.29, 0.717) is 19.7 Å². The summed E-state index contributed by atoms with van der Waals surface area (Å²) >= 11 is 0. The van der Waals surface area contributed by atoms with Gasteiger partial charge in [0.1, 0.15) is 24.0 Å². The summed E-state index contributed by atoms with van der Waals surface area (Å²) < 4.78 is 5.99. The molecule has 3 rings (SSSR count).